The highest BCUT2D eigenvalue weighted by molar-refractivity contribution is 7.90. The topological polar surface area (TPSA) is 107 Å². The van der Waals surface area contributed by atoms with Crippen molar-refractivity contribution in [2.45, 2.75) is 39.7 Å². The number of nitrogens with zero attached hydrogens (tertiary/aromatic N) is 2. The summed E-state index contributed by atoms with van der Waals surface area (Å²) in [6.45, 7) is 6.23. The minimum Gasteiger partial charge on any atom is -0.379 e. The first-order valence-electron chi connectivity index (χ1n) is 10.7. The Morgan fingerprint density at radius 1 is 1.22 bits per heavy atom. The molecule has 1 amide bonds. The number of hydrogen-bond donors (Lipinski definition) is 2. The lowest BCUT2D eigenvalue weighted by molar-refractivity contribution is 0.100. The van der Waals surface area contributed by atoms with Crippen molar-refractivity contribution < 1.29 is 13.2 Å². The number of carbonyl (C=O) groups is 1. The van der Waals surface area contributed by atoms with Crippen molar-refractivity contribution >= 4 is 26.9 Å². The molecule has 0 aliphatic heterocycles. The number of sulfone groups is 1. The second kappa shape index (κ2) is 7.62. The van der Waals surface area contributed by atoms with Crippen LogP contribution in [0.15, 0.2) is 48.8 Å². The zero-order valence-corrected chi connectivity index (χ0v) is 19.7. The van der Waals surface area contributed by atoms with Gasteiger partial charge in [-0.3, -0.25) is 4.79 Å². The Hall–Kier alpha value is -2.87. The number of nitrogens with one attached hydrogen (secondary N) is 1. The van der Waals surface area contributed by atoms with Gasteiger partial charge in [-0.05, 0) is 35.3 Å². The summed E-state index contributed by atoms with van der Waals surface area (Å²) in [5.74, 6) is -0.428. The first-order chi connectivity index (χ1) is 14.9. The molecule has 3 aromatic rings. The van der Waals surface area contributed by atoms with Gasteiger partial charge in [0.15, 0.2) is 0 Å². The third-order valence-electron chi connectivity index (χ3n) is 7.32. The van der Waals surface area contributed by atoms with Gasteiger partial charge in [-0.1, -0.05) is 51.1 Å². The fourth-order valence-electron chi connectivity index (χ4n) is 5.01. The zero-order chi connectivity index (χ0) is 23.3. The van der Waals surface area contributed by atoms with E-state index in [1.807, 2.05) is 49.5 Å². The molecule has 2 atom stereocenters. The summed E-state index contributed by atoms with van der Waals surface area (Å²) in [5.41, 5.74) is 8.72. The molecule has 2 aromatic heterocycles. The number of rotatable bonds is 6. The molecule has 0 bridgehead atoms. The number of carbonyl (C=O) groups excluding carboxylic acids is 1. The lowest BCUT2D eigenvalue weighted by Gasteiger charge is -2.42. The summed E-state index contributed by atoms with van der Waals surface area (Å²) in [5, 5.41) is 7.97. The van der Waals surface area contributed by atoms with E-state index in [-0.39, 0.29) is 22.6 Å². The van der Waals surface area contributed by atoms with Crippen LogP contribution in [0.3, 0.4) is 0 Å². The highest BCUT2D eigenvalue weighted by Gasteiger charge is 2.53. The van der Waals surface area contributed by atoms with E-state index < -0.39 is 15.7 Å². The third kappa shape index (κ3) is 3.88. The number of nitrogens with two attached hydrogens (primary N) is 1. The number of aromatic nitrogens is 2. The maximum Gasteiger partial charge on any atom is 0.252 e. The summed E-state index contributed by atoms with van der Waals surface area (Å²) in [6, 6.07) is 11.9. The molecule has 7 nitrogen and oxygen atoms in total. The Balaban J connectivity index is 1.77. The first-order valence-corrected chi connectivity index (χ1v) is 12.8. The van der Waals surface area contributed by atoms with E-state index in [4.69, 9.17) is 5.73 Å². The standard InChI is InChI=1S/C24H30N4O3S/c1-23(2)20(10-11-24(23,3)15-32(4,30)31)27-21-18(22(25)29)13-26-28-14-17(12-19(21)28)16-8-6-5-7-9-16/h5-9,12-14,20,27H,10-11,15H2,1-4H3,(H2,25,29)/t20-,24-/m1/s1. The zero-order valence-electron chi connectivity index (χ0n) is 18.9. The van der Waals surface area contributed by atoms with Crippen molar-refractivity contribution in [1.82, 2.24) is 9.61 Å². The van der Waals surface area contributed by atoms with Gasteiger partial charge in [0.25, 0.3) is 5.91 Å². The van der Waals surface area contributed by atoms with Gasteiger partial charge >= 0.3 is 0 Å². The highest BCUT2D eigenvalue weighted by atomic mass is 32.2. The van der Waals surface area contributed by atoms with Crippen LogP contribution in [0.25, 0.3) is 16.6 Å². The van der Waals surface area contributed by atoms with Crippen LogP contribution >= 0.6 is 0 Å². The predicted octanol–water partition coefficient (Wildman–Crippen LogP) is 3.75. The highest BCUT2D eigenvalue weighted by Crippen LogP contribution is 2.54. The average Bonchev–Trinajstić information content (AvgIpc) is 3.22. The molecule has 4 rings (SSSR count). The van der Waals surface area contributed by atoms with Gasteiger partial charge in [-0.25, -0.2) is 12.9 Å². The van der Waals surface area contributed by atoms with Gasteiger partial charge in [-0.15, -0.1) is 0 Å². The number of primary amides is 1. The van der Waals surface area contributed by atoms with Gasteiger partial charge in [0.1, 0.15) is 9.84 Å². The van der Waals surface area contributed by atoms with Crippen LogP contribution in [-0.4, -0.2) is 42.0 Å². The van der Waals surface area contributed by atoms with E-state index in [0.29, 0.717) is 11.3 Å². The van der Waals surface area contributed by atoms with E-state index in [1.165, 1.54) is 12.5 Å². The number of fused-ring (bicyclic) bond motifs is 1. The summed E-state index contributed by atoms with van der Waals surface area (Å²) in [6.07, 6.45) is 6.27. The van der Waals surface area contributed by atoms with Crippen LogP contribution in [-0.2, 0) is 9.84 Å². The van der Waals surface area contributed by atoms with Crippen molar-refractivity contribution in [1.29, 1.82) is 0 Å². The van der Waals surface area contributed by atoms with E-state index in [0.717, 1.165) is 29.5 Å². The summed E-state index contributed by atoms with van der Waals surface area (Å²) in [7, 11) is -3.13. The maximum atomic E-state index is 12.2. The molecular formula is C24H30N4O3S. The Bertz CT molecular complexity index is 1280. The number of hydrogen-bond acceptors (Lipinski definition) is 5. The summed E-state index contributed by atoms with van der Waals surface area (Å²) >= 11 is 0. The minimum absolute atomic E-state index is 0.0337. The van der Waals surface area contributed by atoms with Crippen molar-refractivity contribution in [2.75, 3.05) is 17.3 Å². The van der Waals surface area contributed by atoms with E-state index in [1.54, 1.807) is 4.52 Å². The SMILES string of the molecule is CC1(C)[C@H](Nc2c(C(N)=O)cnn3cc(-c4ccccc4)cc23)CC[C@]1(C)CS(C)(=O)=O. The van der Waals surface area contributed by atoms with Crippen molar-refractivity contribution in [2.24, 2.45) is 16.6 Å². The molecule has 0 spiro atoms. The Labute approximate surface area is 188 Å². The molecule has 2 heterocycles. The summed E-state index contributed by atoms with van der Waals surface area (Å²) < 4.78 is 26.0. The van der Waals surface area contributed by atoms with Crippen LogP contribution in [0.2, 0.25) is 0 Å². The van der Waals surface area contributed by atoms with Crippen molar-refractivity contribution in [3.8, 4) is 11.1 Å². The van der Waals surface area contributed by atoms with Crippen LogP contribution in [0, 0.1) is 10.8 Å². The fraction of sp³-hybridized carbons (Fsp3) is 0.417. The lowest BCUT2D eigenvalue weighted by Crippen LogP contribution is -2.44. The van der Waals surface area contributed by atoms with Crippen LogP contribution in [0.5, 0.6) is 0 Å². The molecule has 170 valence electrons. The molecule has 32 heavy (non-hydrogen) atoms. The van der Waals surface area contributed by atoms with E-state index in [9.17, 15) is 13.2 Å². The quantitative estimate of drug-likeness (QED) is 0.590. The van der Waals surface area contributed by atoms with Gasteiger partial charge < -0.3 is 11.1 Å². The summed E-state index contributed by atoms with van der Waals surface area (Å²) in [4.78, 5) is 12.2. The van der Waals surface area contributed by atoms with Gasteiger partial charge in [0.2, 0.25) is 0 Å². The van der Waals surface area contributed by atoms with Crippen LogP contribution in [0.1, 0.15) is 44.0 Å². The average molecular weight is 455 g/mol. The van der Waals surface area contributed by atoms with Gasteiger partial charge in [-0.2, -0.15) is 5.10 Å². The molecule has 8 heteroatoms. The Morgan fingerprint density at radius 3 is 2.53 bits per heavy atom. The molecule has 0 saturated heterocycles. The molecule has 1 fully saturated rings. The monoisotopic (exact) mass is 454 g/mol. The number of amides is 1. The molecular weight excluding hydrogens is 424 g/mol. The number of anilines is 1. The number of benzene rings is 1. The molecule has 3 N–H and O–H groups in total. The Morgan fingerprint density at radius 2 is 1.91 bits per heavy atom. The first kappa shape index (κ1) is 22.3. The third-order valence-corrected chi connectivity index (χ3v) is 8.48. The van der Waals surface area contributed by atoms with Crippen LogP contribution in [0.4, 0.5) is 5.69 Å². The van der Waals surface area contributed by atoms with Gasteiger partial charge in [0.05, 0.1) is 28.7 Å². The molecule has 1 aromatic carbocycles. The molecule has 1 aliphatic rings. The second-order valence-electron chi connectivity index (χ2n) is 9.81. The van der Waals surface area contributed by atoms with Gasteiger partial charge in [0, 0.05) is 24.1 Å². The molecule has 0 unspecified atom stereocenters. The minimum atomic E-state index is -3.13. The lowest BCUT2D eigenvalue weighted by atomic mass is 9.69. The maximum absolute atomic E-state index is 12.2. The van der Waals surface area contributed by atoms with Crippen LogP contribution < -0.4 is 11.1 Å². The second-order valence-corrected chi connectivity index (χ2v) is 12.0. The molecule has 1 saturated carbocycles. The molecule has 1 aliphatic carbocycles. The fourth-order valence-corrected chi connectivity index (χ4v) is 6.69. The predicted molar refractivity (Wildman–Crippen MR) is 127 cm³/mol. The van der Waals surface area contributed by atoms with E-state index in [2.05, 4.69) is 24.3 Å². The Kier molecular flexibility index (Phi) is 5.32. The van der Waals surface area contributed by atoms with Crippen molar-refractivity contribution in [3.63, 3.8) is 0 Å². The normalized spacial score (nSPS) is 22.8. The smallest absolute Gasteiger partial charge is 0.252 e. The molecule has 0 radical (unpaired) electrons. The van der Waals surface area contributed by atoms with E-state index >= 15 is 0 Å². The largest absolute Gasteiger partial charge is 0.379 e. The van der Waals surface area contributed by atoms with Crippen molar-refractivity contribution in [3.05, 3.63) is 54.4 Å².